The van der Waals surface area contributed by atoms with Crippen molar-refractivity contribution in [2.24, 2.45) is 11.5 Å². The Hall–Kier alpha value is -3.66. The fraction of sp³-hybridized carbons (Fsp3) is 0.154. The highest BCUT2D eigenvalue weighted by Crippen LogP contribution is 2.38. The first-order valence-electron chi connectivity index (χ1n) is 10.1. The lowest BCUT2D eigenvalue weighted by atomic mass is 9.80. The summed E-state index contributed by atoms with van der Waals surface area (Å²) in [7, 11) is 0. The van der Waals surface area contributed by atoms with E-state index < -0.39 is 11.8 Å². The van der Waals surface area contributed by atoms with Crippen LogP contribution in [0.4, 0.5) is 0 Å². The third-order valence-corrected chi connectivity index (χ3v) is 5.74. The molecule has 0 radical (unpaired) electrons. The molecule has 4 N–H and O–H groups in total. The first-order chi connectivity index (χ1) is 14.6. The number of carbonyl (C=O) groups excluding carboxylic acids is 2. The number of aryl methyl sites for hydroxylation is 1. The van der Waals surface area contributed by atoms with Crippen LogP contribution in [0, 0.1) is 0 Å². The Kier molecular flexibility index (Phi) is 5.48. The highest BCUT2D eigenvalue weighted by atomic mass is 16.2. The second-order valence-electron chi connectivity index (χ2n) is 7.53. The first-order valence-corrected chi connectivity index (χ1v) is 10.1. The number of primary amides is 2. The molecule has 0 aromatic heterocycles. The Morgan fingerprint density at radius 3 is 2.03 bits per heavy atom. The second-order valence-corrected chi connectivity index (χ2v) is 7.53. The van der Waals surface area contributed by atoms with Crippen LogP contribution in [-0.2, 0) is 19.3 Å². The Labute approximate surface area is 176 Å². The number of benzene rings is 3. The summed E-state index contributed by atoms with van der Waals surface area (Å²) in [6.45, 7) is 0. The summed E-state index contributed by atoms with van der Waals surface area (Å²) in [6, 6.07) is 19.6. The molecule has 0 fully saturated rings. The zero-order valence-corrected chi connectivity index (χ0v) is 16.7. The van der Waals surface area contributed by atoms with Gasteiger partial charge in [0.15, 0.2) is 0 Å². The largest absolute Gasteiger partial charge is 0.366 e. The van der Waals surface area contributed by atoms with E-state index in [9.17, 15) is 9.59 Å². The van der Waals surface area contributed by atoms with Gasteiger partial charge in [-0.2, -0.15) is 0 Å². The summed E-state index contributed by atoms with van der Waals surface area (Å²) in [5.74, 6) is -1.30. The van der Waals surface area contributed by atoms with E-state index in [0.29, 0.717) is 0 Å². The Morgan fingerprint density at radius 1 is 0.667 bits per heavy atom. The number of allylic oxidation sites excluding steroid dienone is 1. The van der Waals surface area contributed by atoms with E-state index in [-0.39, 0.29) is 11.1 Å². The lowest BCUT2D eigenvalue weighted by Gasteiger charge is -2.25. The SMILES string of the molecule is C1=Cc2ccc3c(c2CC1)CCc1ccccc1-3.NC(=O)c1ccccc1C(N)=O. The maximum atomic E-state index is 10.7. The molecule has 0 saturated heterocycles. The van der Waals surface area contributed by atoms with Gasteiger partial charge >= 0.3 is 0 Å². The van der Waals surface area contributed by atoms with Crippen molar-refractivity contribution < 1.29 is 9.59 Å². The third-order valence-electron chi connectivity index (χ3n) is 5.74. The van der Waals surface area contributed by atoms with E-state index in [1.54, 1.807) is 23.3 Å². The zero-order chi connectivity index (χ0) is 21.1. The minimum absolute atomic E-state index is 0.157. The molecule has 2 amide bonds. The van der Waals surface area contributed by atoms with Crippen molar-refractivity contribution in [3.8, 4) is 11.1 Å². The lowest BCUT2D eigenvalue weighted by molar-refractivity contribution is 0.0967. The molecule has 2 aliphatic carbocycles. The summed E-state index contributed by atoms with van der Waals surface area (Å²) in [5.41, 5.74) is 19.4. The van der Waals surface area contributed by atoms with E-state index >= 15 is 0 Å². The smallest absolute Gasteiger partial charge is 0.249 e. The number of carbonyl (C=O) groups is 2. The van der Waals surface area contributed by atoms with Crippen molar-refractivity contribution in [2.45, 2.75) is 25.7 Å². The summed E-state index contributed by atoms with van der Waals surface area (Å²) >= 11 is 0. The molecular formula is C26H24N2O2. The topological polar surface area (TPSA) is 86.2 Å². The normalized spacial score (nSPS) is 13.2. The summed E-state index contributed by atoms with van der Waals surface area (Å²) < 4.78 is 0. The Bertz CT molecular complexity index is 1130. The molecular weight excluding hydrogens is 372 g/mol. The van der Waals surface area contributed by atoms with Gasteiger partial charge in [0.25, 0.3) is 0 Å². The van der Waals surface area contributed by atoms with Crippen molar-refractivity contribution >= 4 is 17.9 Å². The van der Waals surface area contributed by atoms with Gasteiger partial charge in [0.2, 0.25) is 11.8 Å². The highest BCUT2D eigenvalue weighted by Gasteiger charge is 2.20. The molecule has 0 heterocycles. The molecule has 150 valence electrons. The summed E-state index contributed by atoms with van der Waals surface area (Å²) in [6.07, 6.45) is 9.42. The maximum absolute atomic E-state index is 10.7. The maximum Gasteiger partial charge on any atom is 0.249 e. The minimum atomic E-state index is -0.649. The van der Waals surface area contributed by atoms with Gasteiger partial charge in [0, 0.05) is 0 Å². The van der Waals surface area contributed by atoms with E-state index in [1.807, 2.05) is 0 Å². The lowest BCUT2D eigenvalue weighted by Crippen LogP contribution is -2.20. The zero-order valence-electron chi connectivity index (χ0n) is 16.7. The van der Waals surface area contributed by atoms with E-state index in [1.165, 1.54) is 60.1 Å². The fourth-order valence-corrected chi connectivity index (χ4v) is 4.31. The van der Waals surface area contributed by atoms with Crippen LogP contribution in [0.3, 0.4) is 0 Å². The van der Waals surface area contributed by atoms with Crippen LogP contribution in [0.1, 0.15) is 49.4 Å². The molecule has 0 spiro atoms. The molecule has 0 bridgehead atoms. The van der Waals surface area contributed by atoms with Crippen LogP contribution >= 0.6 is 0 Å². The monoisotopic (exact) mass is 396 g/mol. The predicted molar refractivity (Wildman–Crippen MR) is 120 cm³/mol. The van der Waals surface area contributed by atoms with Crippen LogP contribution in [-0.4, -0.2) is 11.8 Å². The molecule has 0 unspecified atom stereocenters. The number of hydrogen-bond donors (Lipinski definition) is 2. The molecule has 0 aliphatic heterocycles. The van der Waals surface area contributed by atoms with Gasteiger partial charge < -0.3 is 11.5 Å². The van der Waals surface area contributed by atoms with Crippen LogP contribution in [0.25, 0.3) is 17.2 Å². The van der Waals surface area contributed by atoms with Crippen molar-refractivity contribution in [3.05, 3.63) is 100 Å². The standard InChI is InChI=1S/C18H16.C8H8N2O2/c1-3-7-15-13(5-1)9-11-18-16-8-4-2-6-14(16)10-12-17(15)18;9-7(11)5-3-1-2-4-6(5)8(10)12/h1-3,5-7,10,12H,4,8-9,11H2;1-4H,(H2,9,11)(H2,10,12). The average molecular weight is 396 g/mol. The Morgan fingerprint density at radius 2 is 1.33 bits per heavy atom. The first kappa shape index (κ1) is 19.6. The number of hydrogen-bond acceptors (Lipinski definition) is 2. The number of fused-ring (bicyclic) bond motifs is 5. The molecule has 4 nitrogen and oxygen atoms in total. The molecule has 4 heteroatoms. The van der Waals surface area contributed by atoms with Gasteiger partial charge in [-0.05, 0) is 71.2 Å². The van der Waals surface area contributed by atoms with Gasteiger partial charge in [-0.3, -0.25) is 9.59 Å². The number of nitrogens with two attached hydrogens (primary N) is 2. The van der Waals surface area contributed by atoms with Crippen molar-refractivity contribution in [1.82, 2.24) is 0 Å². The average Bonchev–Trinajstić information content (AvgIpc) is 2.79. The summed E-state index contributed by atoms with van der Waals surface area (Å²) in [4.78, 5) is 21.5. The van der Waals surface area contributed by atoms with Crippen molar-refractivity contribution in [2.75, 3.05) is 0 Å². The minimum Gasteiger partial charge on any atom is -0.366 e. The predicted octanol–water partition coefficient (Wildman–Crippen LogP) is 4.30. The van der Waals surface area contributed by atoms with Gasteiger partial charge in [-0.15, -0.1) is 0 Å². The van der Waals surface area contributed by atoms with Crippen LogP contribution in [0.2, 0.25) is 0 Å². The quantitative estimate of drug-likeness (QED) is 0.677. The molecule has 5 rings (SSSR count). The molecule has 2 aliphatic rings. The van der Waals surface area contributed by atoms with E-state index in [2.05, 4.69) is 48.6 Å². The molecule has 3 aromatic rings. The van der Waals surface area contributed by atoms with Gasteiger partial charge in [-0.1, -0.05) is 60.7 Å². The second kappa shape index (κ2) is 8.37. The molecule has 0 atom stereocenters. The fourth-order valence-electron chi connectivity index (χ4n) is 4.31. The molecule has 30 heavy (non-hydrogen) atoms. The van der Waals surface area contributed by atoms with Crippen LogP contribution in [0.5, 0.6) is 0 Å². The number of rotatable bonds is 2. The van der Waals surface area contributed by atoms with Gasteiger partial charge in [0.05, 0.1) is 11.1 Å². The van der Waals surface area contributed by atoms with E-state index in [4.69, 9.17) is 11.5 Å². The van der Waals surface area contributed by atoms with Crippen LogP contribution in [0.15, 0.2) is 66.7 Å². The van der Waals surface area contributed by atoms with Gasteiger partial charge in [-0.25, -0.2) is 0 Å². The van der Waals surface area contributed by atoms with Crippen molar-refractivity contribution in [1.29, 1.82) is 0 Å². The molecule has 0 saturated carbocycles. The molecule has 3 aromatic carbocycles. The number of amides is 2. The van der Waals surface area contributed by atoms with Crippen molar-refractivity contribution in [3.63, 3.8) is 0 Å². The third kappa shape index (κ3) is 3.77. The van der Waals surface area contributed by atoms with Crippen LogP contribution < -0.4 is 11.5 Å². The summed E-state index contributed by atoms with van der Waals surface area (Å²) in [5, 5.41) is 0. The van der Waals surface area contributed by atoms with E-state index in [0.717, 1.165) is 0 Å². The highest BCUT2D eigenvalue weighted by molar-refractivity contribution is 6.06. The Balaban J connectivity index is 0.000000159. The van der Waals surface area contributed by atoms with Gasteiger partial charge in [0.1, 0.15) is 0 Å².